The van der Waals surface area contributed by atoms with E-state index in [0.29, 0.717) is 231 Å². The molecule has 0 aromatic heterocycles. The summed E-state index contributed by atoms with van der Waals surface area (Å²) >= 11 is 0. The summed E-state index contributed by atoms with van der Waals surface area (Å²) < 4.78 is 85.6. The predicted octanol–water partition coefficient (Wildman–Crippen LogP) is 12.8. The quantitative estimate of drug-likeness (QED) is 0.0250. The van der Waals surface area contributed by atoms with Crippen molar-refractivity contribution >= 4 is 119 Å². The van der Waals surface area contributed by atoms with E-state index in [2.05, 4.69) is 0 Å². The van der Waals surface area contributed by atoms with Crippen LogP contribution in [0.15, 0.2) is 0 Å². The standard InChI is InChI=1S/C93H148O40/c94-73(95)49-53-89(114)126-65-33-5-17-41-81(106)118-57-25-1-13-37-77(102)122-61-29-9-21-45-85(110)130-69-93(70-131-86(111)46-22-10-30-62-123-78(103)38-14-2-26-58-119-82(107)42-18-6-34-66-127-90(115)54-50-74(96)97,71-132-87(112)47-23-11-31-63-124-79(104)39-15-3-27-59-120-83(108)43-19-7-35-67-128-91(116)55-51-75(98)99)72-133-88(113)48-24-12-32-64-125-80(105)40-16-4-28-60-121-84(109)44-20-8-36-68-129-92(117)56-52-76(100)101/h1-72H2,(H,94,95)(H,96,97)(H,98,99)(H,100,101). The van der Waals surface area contributed by atoms with Crippen LogP contribution in [0, 0.1) is 5.41 Å². The van der Waals surface area contributed by atoms with Crippen molar-refractivity contribution in [3.8, 4) is 0 Å². The van der Waals surface area contributed by atoms with Gasteiger partial charge in [-0.2, -0.15) is 0 Å². The average Bonchev–Trinajstić information content (AvgIpc) is 0.850. The zero-order chi connectivity index (χ0) is 98.3. The molecule has 0 aromatic rings. The van der Waals surface area contributed by atoms with Crippen molar-refractivity contribution in [2.24, 2.45) is 5.41 Å². The summed E-state index contributed by atoms with van der Waals surface area (Å²) in [7, 11) is 0. The van der Waals surface area contributed by atoms with Crippen LogP contribution in [-0.4, -0.2) is 246 Å². The highest BCUT2D eigenvalue weighted by Gasteiger charge is 2.38. The number of aliphatic carboxylic acids is 4. The number of carbonyl (C=O) groups is 20. The summed E-state index contributed by atoms with van der Waals surface area (Å²) in [6, 6.07) is 0. The van der Waals surface area contributed by atoms with E-state index in [4.69, 9.17) is 96.2 Å². The second kappa shape index (κ2) is 85.6. The molecule has 133 heavy (non-hydrogen) atoms. The molecule has 40 heteroatoms. The van der Waals surface area contributed by atoms with Crippen LogP contribution in [-0.2, 0) is 172 Å². The van der Waals surface area contributed by atoms with Gasteiger partial charge in [-0.15, -0.1) is 0 Å². The van der Waals surface area contributed by atoms with E-state index in [9.17, 15) is 95.9 Å². The molecule has 0 unspecified atom stereocenters. The number of unbranched alkanes of at least 4 members (excludes halogenated alkanes) is 24. The zero-order valence-corrected chi connectivity index (χ0v) is 77.9. The van der Waals surface area contributed by atoms with Crippen molar-refractivity contribution in [3.05, 3.63) is 0 Å². The number of hydrogen-bond acceptors (Lipinski definition) is 36. The number of carbonyl (C=O) groups excluding carboxylic acids is 16. The van der Waals surface area contributed by atoms with Crippen LogP contribution in [0.25, 0.3) is 0 Å². The van der Waals surface area contributed by atoms with E-state index in [-0.39, 0.29) is 232 Å². The zero-order valence-electron chi connectivity index (χ0n) is 77.9. The van der Waals surface area contributed by atoms with Crippen molar-refractivity contribution in [1.82, 2.24) is 0 Å². The summed E-state index contributed by atoms with van der Waals surface area (Å²) in [6.07, 6.45) is 16.3. The summed E-state index contributed by atoms with van der Waals surface area (Å²) in [4.78, 5) is 241. The lowest BCUT2D eigenvalue weighted by molar-refractivity contribution is -0.172. The van der Waals surface area contributed by atoms with Gasteiger partial charge in [0.15, 0.2) is 0 Å². The van der Waals surface area contributed by atoms with Crippen molar-refractivity contribution in [1.29, 1.82) is 0 Å². The van der Waals surface area contributed by atoms with Gasteiger partial charge in [-0.05, 0) is 231 Å². The van der Waals surface area contributed by atoms with E-state index in [1.54, 1.807) is 0 Å². The molecule has 0 radical (unpaired) electrons. The van der Waals surface area contributed by atoms with Gasteiger partial charge in [0.2, 0.25) is 0 Å². The molecule has 0 aliphatic carbocycles. The molecule has 0 rings (SSSR count). The number of hydrogen-bond donors (Lipinski definition) is 4. The molecular weight excluding hydrogens is 1760 g/mol. The first-order valence-corrected chi connectivity index (χ1v) is 47.3. The van der Waals surface area contributed by atoms with Gasteiger partial charge in [-0.3, -0.25) is 95.9 Å². The molecule has 0 aliphatic rings. The van der Waals surface area contributed by atoms with Crippen LogP contribution in [0.5, 0.6) is 0 Å². The van der Waals surface area contributed by atoms with Gasteiger partial charge >= 0.3 is 119 Å². The molecule has 40 nitrogen and oxygen atoms in total. The monoisotopic (exact) mass is 1900 g/mol. The van der Waals surface area contributed by atoms with Gasteiger partial charge in [-0.25, -0.2) is 0 Å². The fourth-order valence-electron chi connectivity index (χ4n) is 12.0. The molecule has 0 aromatic carbocycles. The Morgan fingerprint density at radius 2 is 0.218 bits per heavy atom. The van der Waals surface area contributed by atoms with E-state index in [1.165, 1.54) is 0 Å². The fourth-order valence-corrected chi connectivity index (χ4v) is 12.0. The van der Waals surface area contributed by atoms with Crippen LogP contribution in [0.2, 0.25) is 0 Å². The predicted molar refractivity (Wildman–Crippen MR) is 467 cm³/mol. The second-order valence-electron chi connectivity index (χ2n) is 32.1. The van der Waals surface area contributed by atoms with Gasteiger partial charge in [0, 0.05) is 77.0 Å². The minimum atomic E-state index is -1.65. The molecule has 0 saturated carbocycles. The molecule has 0 aliphatic heterocycles. The average molecular weight is 1910 g/mol. The SMILES string of the molecule is O=C(O)CCC(=O)OCCCCCC(=O)OCCCCCC(=O)OCCCCCC(=O)OCC(COC(=O)CCCCCOC(=O)CCCCCOC(=O)CCCCCOC(=O)CCC(=O)O)(COC(=O)CCCCCOC(=O)CCCCCOC(=O)CCCCCOC(=O)CCC(=O)O)COC(=O)CCCCCOC(=O)CCCCCOC(=O)CCCCCOC(=O)CCC(=O)O. The molecule has 0 amide bonds. The van der Waals surface area contributed by atoms with Crippen molar-refractivity contribution in [2.75, 3.05) is 106 Å². The number of esters is 16. The first-order chi connectivity index (χ1) is 64.0. The Balaban J connectivity index is 5.78. The lowest BCUT2D eigenvalue weighted by Crippen LogP contribution is -2.44. The van der Waals surface area contributed by atoms with Crippen molar-refractivity contribution in [2.45, 2.75) is 360 Å². The van der Waals surface area contributed by atoms with Gasteiger partial charge in [-0.1, -0.05) is 0 Å². The van der Waals surface area contributed by atoms with Gasteiger partial charge in [0.25, 0.3) is 0 Å². The Labute approximate surface area is 779 Å². The smallest absolute Gasteiger partial charge is 0.306 e. The summed E-state index contributed by atoms with van der Waals surface area (Å²) in [5.74, 6) is -12.8. The van der Waals surface area contributed by atoms with E-state index >= 15 is 0 Å². The molecule has 0 spiro atoms. The minimum Gasteiger partial charge on any atom is -0.481 e. The van der Waals surface area contributed by atoms with Crippen LogP contribution < -0.4 is 0 Å². The van der Waals surface area contributed by atoms with Crippen molar-refractivity contribution in [3.63, 3.8) is 0 Å². The van der Waals surface area contributed by atoms with Crippen LogP contribution in [0.4, 0.5) is 0 Å². The van der Waals surface area contributed by atoms with Gasteiger partial charge < -0.3 is 96.2 Å². The maximum Gasteiger partial charge on any atom is 0.306 e. The minimum absolute atomic E-state index is 0.0751. The van der Waals surface area contributed by atoms with Gasteiger partial charge in [0.1, 0.15) is 31.8 Å². The highest BCUT2D eigenvalue weighted by atomic mass is 16.6. The van der Waals surface area contributed by atoms with Crippen LogP contribution in [0.1, 0.15) is 360 Å². The first-order valence-electron chi connectivity index (χ1n) is 47.3. The molecule has 0 heterocycles. The molecule has 4 N–H and O–H groups in total. The first kappa shape index (κ1) is 122. The summed E-state index contributed by atoms with van der Waals surface area (Å²) in [6.45, 7) is -0.723. The summed E-state index contributed by atoms with van der Waals surface area (Å²) in [5.41, 5.74) is -1.65. The maximum atomic E-state index is 13.5. The van der Waals surface area contributed by atoms with E-state index < -0.39 is 127 Å². The van der Waals surface area contributed by atoms with E-state index in [1.807, 2.05) is 0 Å². The fraction of sp³-hybridized carbons (Fsp3) is 0.785. The molecule has 0 bridgehead atoms. The van der Waals surface area contributed by atoms with Crippen molar-refractivity contribution < 1.29 is 192 Å². The van der Waals surface area contributed by atoms with Crippen LogP contribution in [0.3, 0.4) is 0 Å². The number of carboxylic acid groups (broad SMARTS) is 4. The van der Waals surface area contributed by atoms with E-state index in [0.717, 1.165) is 0 Å². The Bertz CT molecular complexity index is 2920. The Kier molecular flexibility index (Phi) is 78.8. The molecule has 760 valence electrons. The third-order valence-electron chi connectivity index (χ3n) is 19.8. The molecule has 0 fully saturated rings. The lowest BCUT2D eigenvalue weighted by atomic mass is 9.92. The summed E-state index contributed by atoms with van der Waals surface area (Å²) in [5, 5.41) is 34.7. The Hall–Kier alpha value is -10.6. The lowest BCUT2D eigenvalue weighted by Gasteiger charge is -2.31. The molecule has 0 atom stereocenters. The second-order valence-corrected chi connectivity index (χ2v) is 32.1. The normalized spacial score (nSPS) is 10.9. The maximum absolute atomic E-state index is 13.5. The number of carboxylic acids is 4. The molecular formula is C93H148O40. The number of ether oxygens (including phenoxy) is 16. The topological polar surface area (TPSA) is 570 Å². The number of rotatable bonds is 92. The van der Waals surface area contributed by atoms with Crippen LogP contribution >= 0.6 is 0 Å². The highest BCUT2D eigenvalue weighted by molar-refractivity contribution is 5.79. The Morgan fingerprint density at radius 1 is 0.120 bits per heavy atom. The Morgan fingerprint density at radius 3 is 0.323 bits per heavy atom. The highest BCUT2D eigenvalue weighted by Crippen LogP contribution is 2.25. The van der Waals surface area contributed by atoms with Gasteiger partial charge in [0.05, 0.1) is 131 Å². The molecule has 0 saturated heterocycles. The third kappa shape index (κ3) is 86.6. The third-order valence-corrected chi connectivity index (χ3v) is 19.8. The largest absolute Gasteiger partial charge is 0.481 e.